The minimum absolute atomic E-state index is 0.156. The fourth-order valence-electron chi connectivity index (χ4n) is 1.60. The lowest BCUT2D eigenvalue weighted by Gasteiger charge is -2.03. The lowest BCUT2D eigenvalue weighted by molar-refractivity contribution is -0.134. The van der Waals surface area contributed by atoms with E-state index in [0.717, 1.165) is 23.7 Å². The van der Waals surface area contributed by atoms with E-state index in [-0.39, 0.29) is 5.97 Å². The molecule has 0 saturated carbocycles. The first-order chi connectivity index (χ1) is 7.79. The third kappa shape index (κ3) is 2.42. The van der Waals surface area contributed by atoms with Gasteiger partial charge in [0.2, 0.25) is 0 Å². The van der Waals surface area contributed by atoms with Crippen LogP contribution in [0.4, 0.5) is 0 Å². The summed E-state index contributed by atoms with van der Waals surface area (Å²) in [7, 11) is 0. The van der Waals surface area contributed by atoms with Crippen molar-refractivity contribution in [2.24, 2.45) is 0 Å². The molecule has 2 rings (SSSR count). The van der Waals surface area contributed by atoms with Gasteiger partial charge in [-0.1, -0.05) is 13.3 Å². The third-order valence-corrected chi connectivity index (χ3v) is 2.49. The Kier molecular flexibility index (Phi) is 3.25. The Labute approximate surface area is 94.4 Å². The number of unbranched alkanes of at least 4 members (excludes halogenated alkanes) is 1. The normalized spacial score (nSPS) is 10.6. The zero-order valence-electron chi connectivity index (χ0n) is 9.32. The third-order valence-electron chi connectivity index (χ3n) is 2.49. The van der Waals surface area contributed by atoms with Crippen LogP contribution in [-0.4, -0.2) is 11.0 Å². The average Bonchev–Trinajstić information content (AvgIpc) is 2.73. The number of fused-ring (bicyclic) bond motifs is 1. The first-order valence-electron chi connectivity index (χ1n) is 5.57. The lowest BCUT2D eigenvalue weighted by Crippen LogP contribution is -2.07. The van der Waals surface area contributed by atoms with Crippen molar-refractivity contribution in [1.82, 2.24) is 4.98 Å². The van der Waals surface area contributed by atoms with Gasteiger partial charge >= 0.3 is 5.97 Å². The second-order valence-electron chi connectivity index (χ2n) is 3.80. The standard InChI is InChI=1S/C13H15NO2/c1-2-3-4-13(15)16-11-5-6-12-10(9-11)7-8-14-12/h5-9,14H,2-4H2,1H3. The molecule has 1 N–H and O–H groups in total. The summed E-state index contributed by atoms with van der Waals surface area (Å²) in [6.07, 6.45) is 4.24. The van der Waals surface area contributed by atoms with Crippen LogP contribution >= 0.6 is 0 Å². The molecule has 0 fully saturated rings. The van der Waals surface area contributed by atoms with E-state index >= 15 is 0 Å². The van der Waals surface area contributed by atoms with E-state index < -0.39 is 0 Å². The molecule has 0 aliphatic rings. The fourth-order valence-corrected chi connectivity index (χ4v) is 1.60. The number of carbonyl (C=O) groups excluding carboxylic acids is 1. The summed E-state index contributed by atoms with van der Waals surface area (Å²) >= 11 is 0. The van der Waals surface area contributed by atoms with Gasteiger partial charge in [0.25, 0.3) is 0 Å². The van der Waals surface area contributed by atoms with Crippen LogP contribution in [0, 0.1) is 0 Å². The molecule has 1 aromatic heterocycles. The van der Waals surface area contributed by atoms with E-state index in [1.54, 1.807) is 0 Å². The molecular formula is C13H15NO2. The quantitative estimate of drug-likeness (QED) is 0.631. The maximum Gasteiger partial charge on any atom is 0.311 e. The van der Waals surface area contributed by atoms with Crippen molar-refractivity contribution in [1.29, 1.82) is 0 Å². The topological polar surface area (TPSA) is 42.1 Å². The Morgan fingerprint density at radius 2 is 2.25 bits per heavy atom. The van der Waals surface area contributed by atoms with Gasteiger partial charge in [0, 0.05) is 23.5 Å². The number of ether oxygens (including phenoxy) is 1. The van der Waals surface area contributed by atoms with E-state index in [1.165, 1.54) is 0 Å². The minimum Gasteiger partial charge on any atom is -0.427 e. The molecule has 16 heavy (non-hydrogen) atoms. The van der Waals surface area contributed by atoms with E-state index in [2.05, 4.69) is 11.9 Å². The molecule has 0 aliphatic heterocycles. The van der Waals surface area contributed by atoms with Crippen molar-refractivity contribution in [3.8, 4) is 5.75 Å². The number of aromatic amines is 1. The summed E-state index contributed by atoms with van der Waals surface area (Å²) in [5.74, 6) is 0.463. The van der Waals surface area contributed by atoms with E-state index in [0.29, 0.717) is 12.2 Å². The van der Waals surface area contributed by atoms with Crippen molar-refractivity contribution in [2.45, 2.75) is 26.2 Å². The van der Waals surface area contributed by atoms with Crippen LogP contribution in [0.15, 0.2) is 30.5 Å². The number of carbonyl (C=O) groups is 1. The summed E-state index contributed by atoms with van der Waals surface area (Å²) in [6.45, 7) is 2.05. The van der Waals surface area contributed by atoms with Crippen LogP contribution in [0.2, 0.25) is 0 Å². The summed E-state index contributed by atoms with van der Waals surface area (Å²) < 4.78 is 5.24. The van der Waals surface area contributed by atoms with Crippen LogP contribution < -0.4 is 4.74 Å². The molecular weight excluding hydrogens is 202 g/mol. The van der Waals surface area contributed by atoms with Gasteiger partial charge in [-0.3, -0.25) is 4.79 Å². The smallest absolute Gasteiger partial charge is 0.311 e. The highest BCUT2D eigenvalue weighted by Gasteiger charge is 2.04. The molecule has 0 atom stereocenters. The van der Waals surface area contributed by atoms with Gasteiger partial charge in [-0.05, 0) is 30.7 Å². The Balaban J connectivity index is 2.06. The molecule has 0 aliphatic carbocycles. The largest absolute Gasteiger partial charge is 0.427 e. The molecule has 0 unspecified atom stereocenters. The zero-order valence-corrected chi connectivity index (χ0v) is 9.32. The lowest BCUT2D eigenvalue weighted by atomic mass is 10.2. The second-order valence-corrected chi connectivity index (χ2v) is 3.80. The second kappa shape index (κ2) is 4.84. The van der Waals surface area contributed by atoms with Gasteiger partial charge < -0.3 is 9.72 Å². The monoisotopic (exact) mass is 217 g/mol. The molecule has 1 heterocycles. The van der Waals surface area contributed by atoms with Crippen molar-refractivity contribution >= 4 is 16.9 Å². The summed E-state index contributed by atoms with van der Waals surface area (Å²) in [6, 6.07) is 7.55. The number of nitrogens with one attached hydrogen (secondary N) is 1. The first kappa shape index (κ1) is 10.7. The van der Waals surface area contributed by atoms with Gasteiger partial charge in [-0.25, -0.2) is 0 Å². The number of esters is 1. The Hall–Kier alpha value is -1.77. The summed E-state index contributed by atoms with van der Waals surface area (Å²) in [4.78, 5) is 14.5. The van der Waals surface area contributed by atoms with Crippen molar-refractivity contribution in [3.63, 3.8) is 0 Å². The Morgan fingerprint density at radius 3 is 3.06 bits per heavy atom. The molecule has 0 spiro atoms. The van der Waals surface area contributed by atoms with Crippen molar-refractivity contribution in [3.05, 3.63) is 30.5 Å². The summed E-state index contributed by atoms with van der Waals surface area (Å²) in [5, 5.41) is 1.06. The van der Waals surface area contributed by atoms with Gasteiger partial charge in [-0.15, -0.1) is 0 Å². The van der Waals surface area contributed by atoms with E-state index in [1.807, 2.05) is 30.5 Å². The van der Waals surface area contributed by atoms with Crippen LogP contribution in [-0.2, 0) is 4.79 Å². The van der Waals surface area contributed by atoms with Crippen molar-refractivity contribution in [2.75, 3.05) is 0 Å². The number of rotatable bonds is 4. The predicted molar refractivity (Wildman–Crippen MR) is 63.5 cm³/mol. The zero-order chi connectivity index (χ0) is 11.4. The van der Waals surface area contributed by atoms with Crippen LogP contribution in [0.25, 0.3) is 10.9 Å². The predicted octanol–water partition coefficient (Wildman–Crippen LogP) is 3.26. The average molecular weight is 217 g/mol. The molecule has 0 bridgehead atoms. The number of hydrogen-bond acceptors (Lipinski definition) is 2. The fraction of sp³-hybridized carbons (Fsp3) is 0.308. The molecule has 0 amide bonds. The maximum atomic E-state index is 11.4. The molecule has 0 radical (unpaired) electrons. The van der Waals surface area contributed by atoms with Crippen LogP contribution in [0.5, 0.6) is 5.75 Å². The number of hydrogen-bond donors (Lipinski definition) is 1. The number of benzene rings is 1. The molecule has 0 saturated heterocycles. The van der Waals surface area contributed by atoms with Crippen LogP contribution in [0.1, 0.15) is 26.2 Å². The Bertz CT molecular complexity index is 487. The highest BCUT2D eigenvalue weighted by atomic mass is 16.5. The van der Waals surface area contributed by atoms with E-state index in [4.69, 9.17) is 4.74 Å². The van der Waals surface area contributed by atoms with Crippen LogP contribution in [0.3, 0.4) is 0 Å². The SMILES string of the molecule is CCCCC(=O)Oc1ccc2[nH]ccc2c1. The molecule has 1 aromatic carbocycles. The highest BCUT2D eigenvalue weighted by molar-refractivity contribution is 5.82. The summed E-state index contributed by atoms with van der Waals surface area (Å²) in [5.41, 5.74) is 1.05. The van der Waals surface area contributed by atoms with Gasteiger partial charge in [0.05, 0.1) is 0 Å². The van der Waals surface area contributed by atoms with Gasteiger partial charge in [0.15, 0.2) is 0 Å². The van der Waals surface area contributed by atoms with Gasteiger partial charge in [-0.2, -0.15) is 0 Å². The Morgan fingerprint density at radius 1 is 1.38 bits per heavy atom. The minimum atomic E-state index is -0.156. The first-order valence-corrected chi connectivity index (χ1v) is 5.57. The maximum absolute atomic E-state index is 11.4. The van der Waals surface area contributed by atoms with Gasteiger partial charge in [0.1, 0.15) is 5.75 Å². The molecule has 3 heteroatoms. The number of aromatic nitrogens is 1. The molecule has 3 nitrogen and oxygen atoms in total. The molecule has 84 valence electrons. The number of H-pyrrole nitrogens is 1. The van der Waals surface area contributed by atoms with E-state index in [9.17, 15) is 4.79 Å². The molecule has 2 aromatic rings. The highest BCUT2D eigenvalue weighted by Crippen LogP contribution is 2.20. The van der Waals surface area contributed by atoms with Crippen molar-refractivity contribution < 1.29 is 9.53 Å².